The van der Waals surface area contributed by atoms with E-state index >= 15 is 0 Å². The highest BCUT2D eigenvalue weighted by Gasteiger charge is 2.41. The SMILES string of the molecule is CS(=O)(=O)N1CCOC2(CCC(N)CC2)C1. The zero-order valence-corrected chi connectivity index (χ0v) is 10.5. The number of hydrogen-bond acceptors (Lipinski definition) is 4. The van der Waals surface area contributed by atoms with Crippen molar-refractivity contribution in [2.75, 3.05) is 26.0 Å². The second-order valence-corrected chi connectivity index (χ2v) is 6.95. The number of ether oxygens (including phenoxy) is 1. The Labute approximate surface area is 97.0 Å². The molecular weight excluding hydrogens is 228 g/mol. The van der Waals surface area contributed by atoms with Crippen LogP contribution in [0.3, 0.4) is 0 Å². The Balaban J connectivity index is 2.06. The van der Waals surface area contributed by atoms with E-state index in [0.717, 1.165) is 25.7 Å². The average molecular weight is 248 g/mol. The summed E-state index contributed by atoms with van der Waals surface area (Å²) in [6.07, 6.45) is 4.87. The molecule has 1 spiro atoms. The van der Waals surface area contributed by atoms with E-state index < -0.39 is 10.0 Å². The van der Waals surface area contributed by atoms with Crippen LogP contribution >= 0.6 is 0 Å². The van der Waals surface area contributed by atoms with Crippen molar-refractivity contribution in [1.82, 2.24) is 4.31 Å². The van der Waals surface area contributed by atoms with Gasteiger partial charge in [0.05, 0.1) is 18.5 Å². The first-order valence-electron chi connectivity index (χ1n) is 5.76. The minimum absolute atomic E-state index is 0.253. The zero-order valence-electron chi connectivity index (χ0n) is 9.68. The summed E-state index contributed by atoms with van der Waals surface area (Å²) in [4.78, 5) is 0. The van der Waals surface area contributed by atoms with Crippen LogP contribution < -0.4 is 5.73 Å². The molecular formula is C10H20N2O3S. The Kier molecular flexibility index (Phi) is 3.27. The van der Waals surface area contributed by atoms with Crippen LogP contribution in [0.15, 0.2) is 0 Å². The summed E-state index contributed by atoms with van der Waals surface area (Å²) in [5, 5.41) is 0. The highest BCUT2D eigenvalue weighted by Crippen LogP contribution is 2.34. The molecule has 1 saturated carbocycles. The molecule has 0 aromatic rings. The maximum Gasteiger partial charge on any atom is 0.211 e. The molecule has 6 heteroatoms. The molecule has 5 nitrogen and oxygen atoms in total. The number of hydrogen-bond donors (Lipinski definition) is 1. The average Bonchev–Trinajstić information content (AvgIpc) is 2.22. The lowest BCUT2D eigenvalue weighted by Crippen LogP contribution is -2.55. The molecule has 0 aromatic heterocycles. The maximum absolute atomic E-state index is 11.5. The van der Waals surface area contributed by atoms with Gasteiger partial charge in [0.15, 0.2) is 0 Å². The first-order valence-corrected chi connectivity index (χ1v) is 7.61. The van der Waals surface area contributed by atoms with Gasteiger partial charge in [-0.25, -0.2) is 8.42 Å². The van der Waals surface area contributed by atoms with Gasteiger partial charge in [-0.15, -0.1) is 0 Å². The van der Waals surface area contributed by atoms with Crippen LogP contribution in [-0.4, -0.2) is 50.3 Å². The van der Waals surface area contributed by atoms with Crippen molar-refractivity contribution in [3.8, 4) is 0 Å². The normalized spacial score (nSPS) is 37.8. The lowest BCUT2D eigenvalue weighted by molar-refractivity contribution is -0.111. The topological polar surface area (TPSA) is 72.6 Å². The third-order valence-electron chi connectivity index (χ3n) is 3.62. The van der Waals surface area contributed by atoms with Crippen LogP contribution in [0.5, 0.6) is 0 Å². The van der Waals surface area contributed by atoms with Crippen LogP contribution in [0.1, 0.15) is 25.7 Å². The lowest BCUT2D eigenvalue weighted by Gasteiger charge is -2.45. The molecule has 0 atom stereocenters. The Morgan fingerprint density at radius 1 is 1.38 bits per heavy atom. The van der Waals surface area contributed by atoms with E-state index in [9.17, 15) is 8.42 Å². The Morgan fingerprint density at radius 3 is 2.56 bits per heavy atom. The maximum atomic E-state index is 11.5. The predicted molar refractivity (Wildman–Crippen MR) is 61.5 cm³/mol. The molecule has 0 amide bonds. The van der Waals surface area contributed by atoms with E-state index in [2.05, 4.69) is 0 Å². The fourth-order valence-electron chi connectivity index (χ4n) is 2.56. The Hall–Kier alpha value is -0.170. The van der Waals surface area contributed by atoms with Gasteiger partial charge in [-0.3, -0.25) is 0 Å². The number of nitrogens with zero attached hydrogens (tertiary/aromatic N) is 1. The molecule has 94 valence electrons. The molecule has 1 heterocycles. The zero-order chi connectivity index (χ0) is 11.8. The second-order valence-electron chi connectivity index (χ2n) is 4.97. The molecule has 2 N–H and O–H groups in total. The quantitative estimate of drug-likeness (QED) is 0.704. The van der Waals surface area contributed by atoms with Crippen molar-refractivity contribution in [3.05, 3.63) is 0 Å². The van der Waals surface area contributed by atoms with E-state index in [0.29, 0.717) is 19.7 Å². The number of nitrogens with two attached hydrogens (primary N) is 1. The van der Waals surface area contributed by atoms with E-state index in [1.807, 2.05) is 0 Å². The Bertz CT molecular complexity index is 347. The summed E-state index contributed by atoms with van der Waals surface area (Å²) >= 11 is 0. The van der Waals surface area contributed by atoms with Gasteiger partial charge >= 0.3 is 0 Å². The molecule has 16 heavy (non-hydrogen) atoms. The molecule has 1 saturated heterocycles. The van der Waals surface area contributed by atoms with E-state index in [-0.39, 0.29) is 11.6 Å². The third-order valence-corrected chi connectivity index (χ3v) is 4.87. The molecule has 2 aliphatic rings. The monoisotopic (exact) mass is 248 g/mol. The smallest absolute Gasteiger partial charge is 0.211 e. The van der Waals surface area contributed by atoms with Gasteiger partial charge < -0.3 is 10.5 Å². The second kappa shape index (κ2) is 4.25. The van der Waals surface area contributed by atoms with Gasteiger partial charge in [0.1, 0.15) is 0 Å². The van der Waals surface area contributed by atoms with Crippen LogP contribution in [0.4, 0.5) is 0 Å². The van der Waals surface area contributed by atoms with Gasteiger partial charge in [0.2, 0.25) is 10.0 Å². The molecule has 1 aliphatic heterocycles. The van der Waals surface area contributed by atoms with Crippen molar-refractivity contribution < 1.29 is 13.2 Å². The minimum Gasteiger partial charge on any atom is -0.372 e. The van der Waals surface area contributed by atoms with Crippen molar-refractivity contribution >= 4 is 10.0 Å². The van der Waals surface area contributed by atoms with Crippen molar-refractivity contribution in [3.63, 3.8) is 0 Å². The van der Waals surface area contributed by atoms with Gasteiger partial charge in [-0.1, -0.05) is 0 Å². The first kappa shape index (κ1) is 12.3. The van der Waals surface area contributed by atoms with Crippen molar-refractivity contribution in [2.45, 2.75) is 37.3 Å². The van der Waals surface area contributed by atoms with Gasteiger partial charge in [0, 0.05) is 19.1 Å². The summed E-state index contributed by atoms with van der Waals surface area (Å²) in [5.41, 5.74) is 5.59. The molecule has 2 rings (SSSR count). The summed E-state index contributed by atoms with van der Waals surface area (Å²) < 4.78 is 30.4. The largest absolute Gasteiger partial charge is 0.372 e. The van der Waals surface area contributed by atoms with E-state index in [1.54, 1.807) is 0 Å². The number of morpholine rings is 1. The van der Waals surface area contributed by atoms with Gasteiger partial charge in [-0.05, 0) is 25.7 Å². The fraction of sp³-hybridized carbons (Fsp3) is 1.00. The molecule has 0 aromatic carbocycles. The summed E-state index contributed by atoms with van der Waals surface area (Å²) in [6, 6.07) is 0.253. The van der Waals surface area contributed by atoms with E-state index in [4.69, 9.17) is 10.5 Å². The standard InChI is InChI=1S/C10H20N2O3S/c1-16(13,14)12-6-7-15-10(8-12)4-2-9(11)3-5-10/h9H,2-8,11H2,1H3. The van der Waals surface area contributed by atoms with Gasteiger partial charge in [0.25, 0.3) is 0 Å². The molecule has 0 bridgehead atoms. The lowest BCUT2D eigenvalue weighted by atomic mass is 9.81. The summed E-state index contributed by atoms with van der Waals surface area (Å²) in [7, 11) is -3.09. The number of rotatable bonds is 1. The fourth-order valence-corrected chi connectivity index (χ4v) is 3.44. The van der Waals surface area contributed by atoms with Crippen molar-refractivity contribution in [1.29, 1.82) is 0 Å². The first-order chi connectivity index (χ1) is 7.41. The van der Waals surface area contributed by atoms with Crippen LogP contribution in [-0.2, 0) is 14.8 Å². The molecule has 2 fully saturated rings. The highest BCUT2D eigenvalue weighted by atomic mass is 32.2. The summed E-state index contributed by atoms with van der Waals surface area (Å²) in [5.74, 6) is 0. The van der Waals surface area contributed by atoms with Crippen LogP contribution in [0, 0.1) is 0 Å². The molecule has 0 radical (unpaired) electrons. The van der Waals surface area contributed by atoms with Gasteiger partial charge in [-0.2, -0.15) is 4.31 Å². The molecule has 0 unspecified atom stereocenters. The molecule has 1 aliphatic carbocycles. The minimum atomic E-state index is -3.09. The van der Waals surface area contributed by atoms with Crippen molar-refractivity contribution in [2.24, 2.45) is 5.73 Å². The van der Waals surface area contributed by atoms with Crippen LogP contribution in [0.25, 0.3) is 0 Å². The highest BCUT2D eigenvalue weighted by molar-refractivity contribution is 7.88. The summed E-state index contributed by atoms with van der Waals surface area (Å²) in [6.45, 7) is 1.48. The van der Waals surface area contributed by atoms with E-state index in [1.165, 1.54) is 10.6 Å². The van der Waals surface area contributed by atoms with Crippen LogP contribution in [0.2, 0.25) is 0 Å². The Morgan fingerprint density at radius 2 is 2.00 bits per heavy atom. The predicted octanol–water partition coefficient (Wildman–Crippen LogP) is -0.0817. The number of sulfonamides is 1. The third kappa shape index (κ3) is 2.56.